The molecule has 20 heavy (non-hydrogen) atoms. The molecular formula is C16H20BrN3. The maximum absolute atomic E-state index is 9.36. The number of piperidine rings is 1. The largest absolute Gasteiger partial charge is 0.369 e. The maximum atomic E-state index is 9.36. The van der Waals surface area contributed by atoms with E-state index in [4.69, 9.17) is 0 Å². The van der Waals surface area contributed by atoms with E-state index in [9.17, 15) is 5.26 Å². The SMILES string of the molecule is N#Cc1c(Br)cccc1N1CCC(N2CCCCC2)C1. The molecule has 3 rings (SSSR count). The summed E-state index contributed by atoms with van der Waals surface area (Å²) < 4.78 is 0.902. The van der Waals surface area contributed by atoms with Crippen LogP contribution in [0.25, 0.3) is 0 Å². The summed E-state index contributed by atoms with van der Waals surface area (Å²) >= 11 is 3.49. The maximum Gasteiger partial charge on any atom is 0.103 e. The minimum Gasteiger partial charge on any atom is -0.369 e. The Balaban J connectivity index is 1.74. The van der Waals surface area contributed by atoms with Gasteiger partial charge in [-0.15, -0.1) is 0 Å². The zero-order chi connectivity index (χ0) is 13.9. The number of anilines is 1. The first-order valence-electron chi connectivity index (χ1n) is 7.47. The summed E-state index contributed by atoms with van der Waals surface area (Å²) in [6.07, 6.45) is 5.29. The fourth-order valence-corrected chi connectivity index (χ4v) is 3.87. The molecule has 1 unspecified atom stereocenters. The first-order chi connectivity index (χ1) is 9.79. The first kappa shape index (κ1) is 13.9. The molecule has 2 saturated heterocycles. The number of hydrogen-bond donors (Lipinski definition) is 0. The van der Waals surface area contributed by atoms with E-state index in [2.05, 4.69) is 37.9 Å². The van der Waals surface area contributed by atoms with E-state index < -0.39 is 0 Å². The highest BCUT2D eigenvalue weighted by atomic mass is 79.9. The molecule has 0 aliphatic carbocycles. The quantitative estimate of drug-likeness (QED) is 0.831. The number of nitrogens with zero attached hydrogens (tertiary/aromatic N) is 3. The molecule has 4 heteroatoms. The highest BCUT2D eigenvalue weighted by Gasteiger charge is 2.29. The minimum atomic E-state index is 0.667. The number of likely N-dealkylation sites (tertiary alicyclic amines) is 1. The van der Waals surface area contributed by atoms with Gasteiger partial charge in [-0.25, -0.2) is 0 Å². The molecule has 0 amide bonds. The third-order valence-corrected chi connectivity index (χ3v) is 5.18. The van der Waals surface area contributed by atoms with Gasteiger partial charge in [-0.05, 0) is 60.4 Å². The third kappa shape index (κ3) is 2.70. The smallest absolute Gasteiger partial charge is 0.103 e. The van der Waals surface area contributed by atoms with Gasteiger partial charge in [0, 0.05) is 23.6 Å². The van der Waals surface area contributed by atoms with E-state index in [1.54, 1.807) is 0 Å². The molecule has 0 saturated carbocycles. The molecule has 0 spiro atoms. The molecule has 2 fully saturated rings. The van der Waals surface area contributed by atoms with Crippen LogP contribution in [0.1, 0.15) is 31.2 Å². The van der Waals surface area contributed by atoms with Crippen molar-refractivity contribution in [3.8, 4) is 6.07 Å². The van der Waals surface area contributed by atoms with Crippen molar-refractivity contribution >= 4 is 21.6 Å². The molecule has 0 radical (unpaired) electrons. The molecule has 3 nitrogen and oxygen atoms in total. The Morgan fingerprint density at radius 1 is 1.15 bits per heavy atom. The Hall–Kier alpha value is -1.05. The van der Waals surface area contributed by atoms with Gasteiger partial charge in [-0.2, -0.15) is 5.26 Å². The van der Waals surface area contributed by atoms with Crippen LogP contribution in [-0.4, -0.2) is 37.1 Å². The standard InChI is InChI=1S/C16H20BrN3/c17-15-5-4-6-16(14(15)11-18)20-10-7-13(12-20)19-8-2-1-3-9-19/h4-6,13H,1-3,7-10,12H2. The molecule has 1 atom stereocenters. The second-order valence-corrected chi connectivity index (χ2v) is 6.59. The van der Waals surface area contributed by atoms with Crippen molar-refractivity contribution in [2.75, 3.05) is 31.1 Å². The Morgan fingerprint density at radius 3 is 2.70 bits per heavy atom. The van der Waals surface area contributed by atoms with Crippen LogP contribution in [0, 0.1) is 11.3 Å². The van der Waals surface area contributed by atoms with Gasteiger partial charge < -0.3 is 4.90 Å². The predicted molar refractivity (Wildman–Crippen MR) is 84.9 cm³/mol. The summed E-state index contributed by atoms with van der Waals surface area (Å²) in [6.45, 7) is 4.63. The van der Waals surface area contributed by atoms with Crippen LogP contribution in [0.15, 0.2) is 22.7 Å². The summed E-state index contributed by atoms with van der Waals surface area (Å²) in [4.78, 5) is 5.02. The average molecular weight is 334 g/mol. The lowest BCUT2D eigenvalue weighted by Gasteiger charge is -2.32. The summed E-state index contributed by atoms with van der Waals surface area (Å²) in [5.74, 6) is 0. The molecule has 0 aromatic heterocycles. The van der Waals surface area contributed by atoms with Crippen molar-refractivity contribution in [2.24, 2.45) is 0 Å². The van der Waals surface area contributed by atoms with E-state index in [0.29, 0.717) is 6.04 Å². The Kier molecular flexibility index (Phi) is 4.28. The van der Waals surface area contributed by atoms with Crippen LogP contribution in [0.2, 0.25) is 0 Å². The Labute approximate surface area is 129 Å². The van der Waals surface area contributed by atoms with Crippen LogP contribution in [0.5, 0.6) is 0 Å². The van der Waals surface area contributed by atoms with Gasteiger partial charge in [0.1, 0.15) is 6.07 Å². The monoisotopic (exact) mass is 333 g/mol. The van der Waals surface area contributed by atoms with Crippen molar-refractivity contribution in [2.45, 2.75) is 31.7 Å². The normalized spacial score (nSPS) is 23.8. The number of nitriles is 1. The van der Waals surface area contributed by atoms with E-state index in [1.165, 1.54) is 38.8 Å². The Morgan fingerprint density at radius 2 is 1.95 bits per heavy atom. The molecule has 2 heterocycles. The molecule has 2 aliphatic heterocycles. The molecule has 0 bridgehead atoms. The molecule has 106 valence electrons. The van der Waals surface area contributed by atoms with Gasteiger partial charge in [-0.1, -0.05) is 12.5 Å². The van der Waals surface area contributed by atoms with Crippen molar-refractivity contribution in [1.29, 1.82) is 5.26 Å². The Bertz CT molecular complexity index is 517. The van der Waals surface area contributed by atoms with Crippen molar-refractivity contribution in [3.63, 3.8) is 0 Å². The first-order valence-corrected chi connectivity index (χ1v) is 8.26. The minimum absolute atomic E-state index is 0.667. The van der Waals surface area contributed by atoms with Gasteiger partial charge in [0.25, 0.3) is 0 Å². The lowest BCUT2D eigenvalue weighted by atomic mass is 10.1. The number of benzene rings is 1. The van der Waals surface area contributed by atoms with Gasteiger partial charge in [0.15, 0.2) is 0 Å². The summed E-state index contributed by atoms with van der Waals surface area (Å²) in [6, 6.07) is 9.04. The highest BCUT2D eigenvalue weighted by Crippen LogP contribution is 2.31. The molecule has 1 aromatic rings. The predicted octanol–water partition coefficient (Wildman–Crippen LogP) is 3.39. The van der Waals surface area contributed by atoms with Crippen LogP contribution in [0.4, 0.5) is 5.69 Å². The average Bonchev–Trinajstić information content (AvgIpc) is 2.97. The van der Waals surface area contributed by atoms with Gasteiger partial charge >= 0.3 is 0 Å². The number of hydrogen-bond acceptors (Lipinski definition) is 3. The van der Waals surface area contributed by atoms with E-state index in [0.717, 1.165) is 28.8 Å². The zero-order valence-corrected chi connectivity index (χ0v) is 13.3. The zero-order valence-electron chi connectivity index (χ0n) is 11.7. The fourth-order valence-electron chi connectivity index (χ4n) is 3.43. The topological polar surface area (TPSA) is 30.3 Å². The van der Waals surface area contributed by atoms with E-state index in [-0.39, 0.29) is 0 Å². The molecule has 0 N–H and O–H groups in total. The highest BCUT2D eigenvalue weighted by molar-refractivity contribution is 9.10. The fraction of sp³-hybridized carbons (Fsp3) is 0.562. The lowest BCUT2D eigenvalue weighted by Crippen LogP contribution is -2.40. The second kappa shape index (κ2) is 6.15. The summed E-state index contributed by atoms with van der Waals surface area (Å²) in [5, 5.41) is 9.36. The van der Waals surface area contributed by atoms with E-state index >= 15 is 0 Å². The summed E-state index contributed by atoms with van der Waals surface area (Å²) in [5.41, 5.74) is 1.85. The van der Waals surface area contributed by atoms with Crippen molar-refractivity contribution < 1.29 is 0 Å². The molecular weight excluding hydrogens is 314 g/mol. The lowest BCUT2D eigenvalue weighted by molar-refractivity contribution is 0.175. The van der Waals surface area contributed by atoms with Crippen LogP contribution >= 0.6 is 15.9 Å². The van der Waals surface area contributed by atoms with Gasteiger partial charge in [0.2, 0.25) is 0 Å². The number of rotatable bonds is 2. The van der Waals surface area contributed by atoms with E-state index in [1.807, 2.05) is 12.1 Å². The number of halogens is 1. The van der Waals surface area contributed by atoms with Gasteiger partial charge in [0.05, 0.1) is 11.3 Å². The van der Waals surface area contributed by atoms with Crippen LogP contribution in [0.3, 0.4) is 0 Å². The van der Waals surface area contributed by atoms with Crippen molar-refractivity contribution in [1.82, 2.24) is 4.90 Å². The van der Waals surface area contributed by atoms with Gasteiger partial charge in [-0.3, -0.25) is 4.90 Å². The van der Waals surface area contributed by atoms with Crippen molar-refractivity contribution in [3.05, 3.63) is 28.2 Å². The summed E-state index contributed by atoms with van der Waals surface area (Å²) in [7, 11) is 0. The molecule has 2 aliphatic rings. The van der Waals surface area contributed by atoms with Crippen LogP contribution < -0.4 is 4.90 Å². The molecule has 1 aromatic carbocycles. The second-order valence-electron chi connectivity index (χ2n) is 5.73. The van der Waals surface area contributed by atoms with Crippen LogP contribution in [-0.2, 0) is 0 Å². The third-order valence-electron chi connectivity index (χ3n) is 4.51.